The first-order chi connectivity index (χ1) is 15.1. The molecule has 4 heterocycles. The van der Waals surface area contributed by atoms with Crippen molar-refractivity contribution < 1.29 is 14.0 Å². The summed E-state index contributed by atoms with van der Waals surface area (Å²) in [5.74, 6) is 0.382. The number of hydrogen-bond donors (Lipinski definition) is 0. The minimum Gasteiger partial charge on any atom is -0.339 e. The molecule has 160 valence electrons. The molecule has 2 saturated heterocycles. The Hall–Kier alpha value is -3.29. The van der Waals surface area contributed by atoms with Crippen molar-refractivity contribution in [3.05, 3.63) is 65.9 Å². The van der Waals surface area contributed by atoms with E-state index in [4.69, 9.17) is 0 Å². The second-order valence-electron chi connectivity index (χ2n) is 8.25. The van der Waals surface area contributed by atoms with Crippen molar-refractivity contribution in [3.63, 3.8) is 0 Å². The predicted octanol–water partition coefficient (Wildman–Crippen LogP) is 3.08. The number of halogens is 1. The van der Waals surface area contributed by atoms with Crippen LogP contribution in [0.25, 0.3) is 5.65 Å². The third-order valence-corrected chi connectivity index (χ3v) is 6.40. The number of carbonyl (C=O) groups excluding carboxylic acids is 2. The smallest absolute Gasteiger partial charge is 0.253 e. The van der Waals surface area contributed by atoms with Crippen molar-refractivity contribution in [2.24, 2.45) is 5.92 Å². The highest BCUT2D eigenvalue weighted by atomic mass is 19.1. The third-order valence-electron chi connectivity index (χ3n) is 6.40. The van der Waals surface area contributed by atoms with Crippen LogP contribution in [0.2, 0.25) is 0 Å². The van der Waals surface area contributed by atoms with Gasteiger partial charge in [-0.1, -0.05) is 6.07 Å². The van der Waals surface area contributed by atoms with Crippen LogP contribution in [0.15, 0.2) is 48.7 Å². The molecule has 0 saturated carbocycles. The Bertz CT molecular complexity index is 1100. The Kier molecular flexibility index (Phi) is 5.13. The number of amides is 2. The fourth-order valence-electron chi connectivity index (χ4n) is 4.73. The maximum Gasteiger partial charge on any atom is 0.253 e. The highest BCUT2D eigenvalue weighted by Gasteiger charge is 2.38. The van der Waals surface area contributed by atoms with E-state index in [-0.39, 0.29) is 29.6 Å². The molecule has 0 N–H and O–H groups in total. The summed E-state index contributed by atoms with van der Waals surface area (Å²) in [4.78, 5) is 29.7. The van der Waals surface area contributed by atoms with Crippen LogP contribution < -0.4 is 0 Å². The number of nitrogens with zero attached hydrogens (tertiary/aromatic N) is 5. The number of likely N-dealkylation sites (tertiary alicyclic amines) is 2. The van der Waals surface area contributed by atoms with Gasteiger partial charge in [-0.15, -0.1) is 10.2 Å². The van der Waals surface area contributed by atoms with E-state index in [1.165, 1.54) is 24.3 Å². The van der Waals surface area contributed by atoms with Crippen molar-refractivity contribution in [1.82, 2.24) is 24.4 Å². The molecule has 31 heavy (non-hydrogen) atoms. The van der Waals surface area contributed by atoms with E-state index in [0.717, 1.165) is 30.9 Å². The molecule has 8 heteroatoms. The monoisotopic (exact) mass is 421 g/mol. The van der Waals surface area contributed by atoms with Gasteiger partial charge in [-0.2, -0.15) is 0 Å². The minimum absolute atomic E-state index is 0.0659. The topological polar surface area (TPSA) is 70.8 Å². The molecule has 2 aromatic heterocycles. The zero-order valence-corrected chi connectivity index (χ0v) is 17.2. The van der Waals surface area contributed by atoms with Gasteiger partial charge in [0.25, 0.3) is 5.91 Å². The first-order valence-corrected chi connectivity index (χ1v) is 10.8. The summed E-state index contributed by atoms with van der Waals surface area (Å²) in [6.45, 7) is 1.78. The molecule has 2 amide bonds. The summed E-state index contributed by atoms with van der Waals surface area (Å²) in [6.07, 6.45) is 5.03. The van der Waals surface area contributed by atoms with Gasteiger partial charge in [0.15, 0.2) is 11.5 Å². The van der Waals surface area contributed by atoms with Crippen LogP contribution in [0, 0.1) is 11.7 Å². The molecule has 5 rings (SSSR count). The Morgan fingerprint density at radius 3 is 2.48 bits per heavy atom. The average molecular weight is 421 g/mol. The fourth-order valence-corrected chi connectivity index (χ4v) is 4.73. The quantitative estimate of drug-likeness (QED) is 0.652. The molecule has 0 unspecified atom stereocenters. The molecule has 0 spiro atoms. The Balaban J connectivity index is 1.25. The molecule has 2 aliphatic rings. The van der Waals surface area contributed by atoms with Crippen LogP contribution in [-0.2, 0) is 4.79 Å². The third kappa shape index (κ3) is 3.66. The maximum absolute atomic E-state index is 13.3. The van der Waals surface area contributed by atoms with Crippen LogP contribution in [0.4, 0.5) is 4.39 Å². The van der Waals surface area contributed by atoms with E-state index in [2.05, 4.69) is 10.2 Å². The second-order valence-corrected chi connectivity index (χ2v) is 8.25. The summed E-state index contributed by atoms with van der Waals surface area (Å²) in [7, 11) is 0. The lowest BCUT2D eigenvalue weighted by Crippen LogP contribution is -2.44. The number of fused-ring (bicyclic) bond motifs is 1. The van der Waals surface area contributed by atoms with Crippen molar-refractivity contribution in [2.45, 2.75) is 31.7 Å². The molecular formula is C23H24FN5O2. The summed E-state index contributed by atoms with van der Waals surface area (Å²) >= 11 is 0. The highest BCUT2D eigenvalue weighted by Crippen LogP contribution is 2.34. The SMILES string of the molecule is O=C(c1ccc(F)cc1)N1CCC(C(=O)N2CCC[C@@H]2c2nnc3ccccn23)CC1. The van der Waals surface area contributed by atoms with Crippen LogP contribution in [0.5, 0.6) is 0 Å². The normalized spacial score (nSPS) is 19.8. The summed E-state index contributed by atoms with van der Waals surface area (Å²) in [6, 6.07) is 11.3. The van der Waals surface area contributed by atoms with Gasteiger partial charge >= 0.3 is 0 Å². The van der Waals surface area contributed by atoms with E-state index in [0.29, 0.717) is 31.5 Å². The van der Waals surface area contributed by atoms with Crippen LogP contribution in [0.3, 0.4) is 0 Å². The molecule has 2 fully saturated rings. The summed E-state index contributed by atoms with van der Waals surface area (Å²) < 4.78 is 15.1. The van der Waals surface area contributed by atoms with E-state index in [1.54, 1.807) is 4.90 Å². The number of carbonyl (C=O) groups is 2. The predicted molar refractivity (Wildman–Crippen MR) is 112 cm³/mol. The van der Waals surface area contributed by atoms with E-state index >= 15 is 0 Å². The van der Waals surface area contributed by atoms with Gasteiger partial charge in [-0.3, -0.25) is 14.0 Å². The van der Waals surface area contributed by atoms with E-state index in [1.807, 2.05) is 33.7 Å². The van der Waals surface area contributed by atoms with Gasteiger partial charge in [0.05, 0.1) is 6.04 Å². The van der Waals surface area contributed by atoms with Crippen molar-refractivity contribution in [1.29, 1.82) is 0 Å². The molecule has 1 atom stereocenters. The van der Waals surface area contributed by atoms with Crippen molar-refractivity contribution >= 4 is 17.5 Å². The summed E-state index contributed by atoms with van der Waals surface area (Å²) in [5, 5.41) is 8.61. The summed E-state index contributed by atoms with van der Waals surface area (Å²) in [5.41, 5.74) is 1.26. The number of benzene rings is 1. The van der Waals surface area contributed by atoms with Crippen LogP contribution in [-0.4, -0.2) is 55.8 Å². The number of hydrogen-bond acceptors (Lipinski definition) is 4. The lowest BCUT2D eigenvalue weighted by atomic mass is 9.94. The van der Waals surface area contributed by atoms with E-state index in [9.17, 15) is 14.0 Å². The molecule has 2 aliphatic heterocycles. The van der Waals surface area contributed by atoms with Crippen LogP contribution in [0.1, 0.15) is 47.9 Å². The Labute approximate surface area is 179 Å². The van der Waals surface area contributed by atoms with Gasteiger partial charge in [0.1, 0.15) is 5.82 Å². The zero-order valence-electron chi connectivity index (χ0n) is 17.2. The molecule has 0 radical (unpaired) electrons. The molecule has 0 bridgehead atoms. The van der Waals surface area contributed by atoms with E-state index < -0.39 is 0 Å². The van der Waals surface area contributed by atoms with Gasteiger partial charge in [-0.25, -0.2) is 4.39 Å². The second kappa shape index (κ2) is 8.09. The lowest BCUT2D eigenvalue weighted by molar-refractivity contribution is -0.138. The van der Waals surface area contributed by atoms with Crippen molar-refractivity contribution in [2.75, 3.05) is 19.6 Å². The van der Waals surface area contributed by atoms with Gasteiger partial charge in [0, 0.05) is 37.3 Å². The Morgan fingerprint density at radius 2 is 1.71 bits per heavy atom. The molecule has 7 nitrogen and oxygen atoms in total. The molecule has 1 aromatic carbocycles. The fraction of sp³-hybridized carbons (Fsp3) is 0.391. The number of pyridine rings is 1. The lowest BCUT2D eigenvalue weighted by Gasteiger charge is -2.34. The first kappa shape index (κ1) is 19.7. The minimum atomic E-state index is -0.360. The Morgan fingerprint density at radius 1 is 0.935 bits per heavy atom. The number of rotatable bonds is 3. The zero-order chi connectivity index (χ0) is 21.4. The highest BCUT2D eigenvalue weighted by molar-refractivity contribution is 5.94. The number of aromatic nitrogens is 3. The van der Waals surface area contributed by atoms with Crippen LogP contribution >= 0.6 is 0 Å². The molecular weight excluding hydrogens is 397 g/mol. The van der Waals surface area contributed by atoms with Gasteiger partial charge < -0.3 is 9.80 Å². The standard InChI is InChI=1S/C23H24FN5O2/c24-18-8-6-16(7-9-18)22(30)27-14-10-17(11-15-27)23(31)28-13-3-4-19(28)21-26-25-20-5-1-2-12-29(20)21/h1-2,5-9,12,17,19H,3-4,10-11,13-15H2/t19-/m1/s1. The average Bonchev–Trinajstić information content (AvgIpc) is 3.45. The van der Waals surface area contributed by atoms with Gasteiger partial charge in [-0.05, 0) is 62.1 Å². The maximum atomic E-state index is 13.3. The van der Waals surface area contributed by atoms with Gasteiger partial charge in [0.2, 0.25) is 5.91 Å². The number of piperidine rings is 1. The molecule has 0 aliphatic carbocycles. The molecule has 3 aromatic rings. The van der Waals surface area contributed by atoms with Crippen molar-refractivity contribution in [3.8, 4) is 0 Å². The first-order valence-electron chi connectivity index (χ1n) is 10.8. The largest absolute Gasteiger partial charge is 0.339 e.